The normalized spacial score (nSPS) is 16.3. The van der Waals surface area contributed by atoms with E-state index in [2.05, 4.69) is 11.3 Å². The number of ether oxygens (including phenoxy) is 1. The van der Waals surface area contributed by atoms with Crippen LogP contribution in [0.25, 0.3) is 17.4 Å². The number of thioether (sulfide) groups is 1. The van der Waals surface area contributed by atoms with Crippen molar-refractivity contribution in [2.24, 2.45) is 0 Å². The van der Waals surface area contributed by atoms with Crippen molar-refractivity contribution in [3.05, 3.63) is 59.7 Å². The van der Waals surface area contributed by atoms with Gasteiger partial charge in [-0.2, -0.15) is 0 Å². The van der Waals surface area contributed by atoms with E-state index in [1.165, 1.54) is 35.2 Å². The lowest BCUT2D eigenvalue weighted by atomic mass is 10.1. The Hall–Kier alpha value is -2.52. The molecule has 1 aromatic heterocycles. The highest BCUT2D eigenvalue weighted by Gasteiger charge is 2.33. The first-order chi connectivity index (χ1) is 12.8. The van der Waals surface area contributed by atoms with Crippen LogP contribution in [0.3, 0.4) is 0 Å². The lowest BCUT2D eigenvalue weighted by Gasteiger charge is -2.11. The summed E-state index contributed by atoms with van der Waals surface area (Å²) in [5.74, 6) is -0.152. The molecule has 1 aromatic carbocycles. The molecule has 2 aromatic rings. The molecule has 0 N–H and O–H groups in total. The Balaban J connectivity index is 1.88. The van der Waals surface area contributed by atoms with Crippen LogP contribution in [-0.4, -0.2) is 28.0 Å². The van der Waals surface area contributed by atoms with Gasteiger partial charge in [0.2, 0.25) is 0 Å². The van der Waals surface area contributed by atoms with Crippen LogP contribution < -0.4 is 4.74 Å². The van der Waals surface area contributed by atoms with Gasteiger partial charge < -0.3 is 9.15 Å². The third-order valence-corrected chi connectivity index (χ3v) is 4.84. The van der Waals surface area contributed by atoms with Crippen LogP contribution in [0.4, 0.5) is 13.2 Å². The summed E-state index contributed by atoms with van der Waals surface area (Å²) in [6, 6.07) is 8.72. The number of benzene rings is 1. The molecule has 1 saturated heterocycles. The van der Waals surface area contributed by atoms with Gasteiger partial charge in [-0.05, 0) is 24.3 Å². The quantitative estimate of drug-likeness (QED) is 0.383. The Kier molecular flexibility index (Phi) is 5.43. The van der Waals surface area contributed by atoms with Crippen molar-refractivity contribution < 1.29 is 27.1 Å². The van der Waals surface area contributed by atoms with Crippen LogP contribution >= 0.6 is 24.0 Å². The van der Waals surface area contributed by atoms with Gasteiger partial charge in [0.15, 0.2) is 0 Å². The zero-order valence-electron chi connectivity index (χ0n) is 13.7. The molecule has 27 heavy (non-hydrogen) atoms. The lowest BCUT2D eigenvalue weighted by Crippen LogP contribution is -2.27. The van der Waals surface area contributed by atoms with Crippen molar-refractivity contribution in [1.29, 1.82) is 0 Å². The third kappa shape index (κ3) is 4.42. The zero-order chi connectivity index (χ0) is 19.6. The maximum absolute atomic E-state index is 12.6. The molecule has 140 valence electrons. The largest absolute Gasteiger partial charge is 0.573 e. The molecule has 4 nitrogen and oxygen atoms in total. The van der Waals surface area contributed by atoms with Gasteiger partial charge in [0.1, 0.15) is 21.6 Å². The van der Waals surface area contributed by atoms with E-state index in [0.717, 1.165) is 11.8 Å². The maximum Gasteiger partial charge on any atom is 0.573 e. The lowest BCUT2D eigenvalue weighted by molar-refractivity contribution is -0.274. The van der Waals surface area contributed by atoms with Crippen LogP contribution in [0.1, 0.15) is 5.76 Å². The van der Waals surface area contributed by atoms with E-state index in [4.69, 9.17) is 16.6 Å². The zero-order valence-corrected chi connectivity index (χ0v) is 15.3. The molecule has 1 amide bonds. The van der Waals surface area contributed by atoms with Gasteiger partial charge >= 0.3 is 6.36 Å². The monoisotopic (exact) mass is 411 g/mol. The van der Waals surface area contributed by atoms with Crippen molar-refractivity contribution >= 4 is 40.3 Å². The number of para-hydroxylation sites is 1. The van der Waals surface area contributed by atoms with E-state index in [1.54, 1.807) is 18.2 Å². The standard InChI is InChI=1S/C18H12F3NO3S2/c1-2-9-22-16(23)15(27-17(22)26)10-11-7-8-13(24-11)12-5-3-4-6-14(12)25-18(19,20)21/h2-8,10H,1,9H2/b15-10+. The molecule has 1 aliphatic rings. The third-order valence-electron chi connectivity index (χ3n) is 3.46. The van der Waals surface area contributed by atoms with Gasteiger partial charge in [0, 0.05) is 12.6 Å². The summed E-state index contributed by atoms with van der Waals surface area (Å²) in [7, 11) is 0. The van der Waals surface area contributed by atoms with Crippen LogP contribution in [0.15, 0.2) is 58.4 Å². The van der Waals surface area contributed by atoms with Gasteiger partial charge in [-0.15, -0.1) is 19.8 Å². The molecule has 3 rings (SSSR count). The van der Waals surface area contributed by atoms with Gasteiger partial charge in [-0.3, -0.25) is 9.69 Å². The van der Waals surface area contributed by atoms with Crippen LogP contribution in [-0.2, 0) is 4.79 Å². The number of amides is 1. The van der Waals surface area contributed by atoms with Crippen molar-refractivity contribution in [3.8, 4) is 17.1 Å². The minimum absolute atomic E-state index is 0.147. The second kappa shape index (κ2) is 7.61. The van der Waals surface area contributed by atoms with Crippen LogP contribution in [0, 0.1) is 0 Å². The number of carbonyl (C=O) groups is 1. The number of halogens is 3. The number of carbonyl (C=O) groups excluding carboxylic acids is 1. The molecule has 0 saturated carbocycles. The van der Waals surface area contributed by atoms with Crippen molar-refractivity contribution in [3.63, 3.8) is 0 Å². The van der Waals surface area contributed by atoms with Gasteiger partial charge in [-0.25, -0.2) is 0 Å². The van der Waals surface area contributed by atoms with Crippen molar-refractivity contribution in [1.82, 2.24) is 4.90 Å². The first-order valence-corrected chi connectivity index (χ1v) is 8.82. The Morgan fingerprint density at radius 3 is 2.70 bits per heavy atom. The van der Waals surface area contributed by atoms with E-state index in [9.17, 15) is 18.0 Å². The Morgan fingerprint density at radius 1 is 1.26 bits per heavy atom. The molecule has 0 bridgehead atoms. The van der Waals surface area contributed by atoms with E-state index >= 15 is 0 Å². The average molecular weight is 411 g/mol. The van der Waals surface area contributed by atoms with Gasteiger partial charge in [-0.1, -0.05) is 42.2 Å². The van der Waals surface area contributed by atoms with Crippen LogP contribution in [0.5, 0.6) is 5.75 Å². The number of thiocarbonyl (C=S) groups is 1. The highest BCUT2D eigenvalue weighted by molar-refractivity contribution is 8.26. The SMILES string of the molecule is C=CCN1C(=O)/C(=C\c2ccc(-c3ccccc3OC(F)(F)F)o2)SC1=S. The number of nitrogens with zero attached hydrogens (tertiary/aromatic N) is 1. The molecular weight excluding hydrogens is 399 g/mol. The molecule has 0 aliphatic carbocycles. The number of rotatable bonds is 5. The summed E-state index contributed by atoms with van der Waals surface area (Å²) in [6.07, 6.45) is -1.75. The highest BCUT2D eigenvalue weighted by Crippen LogP contribution is 2.36. The summed E-state index contributed by atoms with van der Waals surface area (Å²) in [6.45, 7) is 3.88. The first kappa shape index (κ1) is 19.2. The van der Waals surface area contributed by atoms with E-state index < -0.39 is 6.36 Å². The fourth-order valence-electron chi connectivity index (χ4n) is 2.37. The van der Waals surface area contributed by atoms with Crippen LogP contribution in [0.2, 0.25) is 0 Å². The minimum atomic E-state index is -4.81. The predicted octanol–water partition coefficient (Wildman–Crippen LogP) is 5.23. The molecule has 0 spiro atoms. The van der Waals surface area contributed by atoms with E-state index in [-0.39, 0.29) is 23.0 Å². The fraction of sp³-hybridized carbons (Fsp3) is 0.111. The number of hydrogen-bond acceptors (Lipinski definition) is 5. The minimum Gasteiger partial charge on any atom is -0.457 e. The van der Waals surface area contributed by atoms with Crippen molar-refractivity contribution in [2.75, 3.05) is 6.54 Å². The molecule has 1 fully saturated rings. The van der Waals surface area contributed by atoms with Gasteiger partial charge in [0.05, 0.1) is 10.5 Å². The molecule has 2 heterocycles. The summed E-state index contributed by atoms with van der Waals surface area (Å²) in [5.41, 5.74) is 0.147. The average Bonchev–Trinajstić information content (AvgIpc) is 3.15. The number of furan rings is 1. The Labute approximate surface area is 162 Å². The summed E-state index contributed by atoms with van der Waals surface area (Å²) >= 11 is 6.27. The second-order valence-electron chi connectivity index (χ2n) is 5.33. The fourth-order valence-corrected chi connectivity index (χ4v) is 3.63. The number of hydrogen-bond donors (Lipinski definition) is 0. The Bertz CT molecular complexity index is 934. The molecule has 9 heteroatoms. The summed E-state index contributed by atoms with van der Waals surface area (Å²) in [4.78, 5) is 14.1. The van der Waals surface area contributed by atoms with Gasteiger partial charge in [0.25, 0.3) is 5.91 Å². The van der Waals surface area contributed by atoms with Crippen molar-refractivity contribution in [2.45, 2.75) is 6.36 Å². The first-order valence-electron chi connectivity index (χ1n) is 7.60. The molecular formula is C18H12F3NO3S2. The molecule has 0 unspecified atom stereocenters. The summed E-state index contributed by atoms with van der Waals surface area (Å²) < 4.78 is 47.7. The topological polar surface area (TPSA) is 42.7 Å². The Morgan fingerprint density at radius 2 is 2.00 bits per heavy atom. The number of alkyl halides is 3. The summed E-state index contributed by atoms with van der Waals surface area (Å²) in [5, 5.41) is 0. The molecule has 1 aliphatic heterocycles. The van der Waals surface area contributed by atoms with E-state index in [0.29, 0.717) is 21.5 Å². The molecule has 0 atom stereocenters. The maximum atomic E-state index is 12.6. The smallest absolute Gasteiger partial charge is 0.457 e. The van der Waals surface area contributed by atoms with E-state index in [1.807, 2.05) is 0 Å². The predicted molar refractivity (Wildman–Crippen MR) is 101 cm³/mol. The molecule has 0 radical (unpaired) electrons. The highest BCUT2D eigenvalue weighted by atomic mass is 32.2. The second-order valence-corrected chi connectivity index (χ2v) is 7.00.